The van der Waals surface area contributed by atoms with E-state index in [1.54, 1.807) is 6.07 Å². The molecule has 21 heavy (non-hydrogen) atoms. The van der Waals surface area contributed by atoms with Gasteiger partial charge in [0.25, 0.3) is 6.01 Å². The second kappa shape index (κ2) is 5.73. The van der Waals surface area contributed by atoms with Gasteiger partial charge in [-0.3, -0.25) is 0 Å². The zero-order valence-corrected chi connectivity index (χ0v) is 11.7. The number of carbonyl (C=O) groups is 1. The summed E-state index contributed by atoms with van der Waals surface area (Å²) in [6.45, 7) is 1.90. The molecule has 2 N–H and O–H groups in total. The Bertz CT molecular complexity index is 650. The third-order valence-electron chi connectivity index (χ3n) is 3.95. The lowest BCUT2D eigenvalue weighted by Gasteiger charge is -2.31. The van der Waals surface area contributed by atoms with Crippen LogP contribution in [-0.2, 0) is 0 Å². The molecule has 2 aromatic rings. The highest BCUT2D eigenvalue weighted by Crippen LogP contribution is 2.27. The highest BCUT2D eigenvalue weighted by atomic mass is 16.4. The number of fused-ring (bicyclic) bond motifs is 1. The van der Waals surface area contributed by atoms with Gasteiger partial charge >= 0.3 is 5.97 Å². The fourth-order valence-corrected chi connectivity index (χ4v) is 2.84. The van der Waals surface area contributed by atoms with Crippen molar-refractivity contribution in [3.63, 3.8) is 0 Å². The van der Waals surface area contributed by atoms with Crippen LogP contribution in [0.5, 0.6) is 0 Å². The van der Waals surface area contributed by atoms with Gasteiger partial charge < -0.3 is 19.5 Å². The molecule has 0 bridgehead atoms. The van der Waals surface area contributed by atoms with Gasteiger partial charge in [0.1, 0.15) is 5.52 Å². The average molecular weight is 290 g/mol. The summed E-state index contributed by atoms with van der Waals surface area (Å²) in [4.78, 5) is 17.5. The van der Waals surface area contributed by atoms with Crippen LogP contribution in [0.1, 0.15) is 29.6 Å². The van der Waals surface area contributed by atoms with Crippen molar-refractivity contribution >= 4 is 23.1 Å². The molecule has 112 valence electrons. The Morgan fingerprint density at radius 2 is 2.33 bits per heavy atom. The molecule has 0 saturated carbocycles. The molecule has 0 aliphatic carbocycles. The molecule has 6 heteroatoms. The molecular weight excluding hydrogens is 272 g/mol. The van der Waals surface area contributed by atoms with Gasteiger partial charge in [0.2, 0.25) is 0 Å². The molecule has 1 aliphatic rings. The molecular formula is C15H18N2O4. The highest BCUT2D eigenvalue weighted by molar-refractivity contribution is 5.92. The summed E-state index contributed by atoms with van der Waals surface area (Å²) in [5, 5.41) is 18.1. The minimum Gasteiger partial charge on any atom is -0.478 e. The van der Waals surface area contributed by atoms with Crippen molar-refractivity contribution in [1.29, 1.82) is 0 Å². The normalized spacial score (nSPS) is 19.1. The van der Waals surface area contributed by atoms with Gasteiger partial charge in [-0.15, -0.1) is 0 Å². The number of carboxylic acid groups (broad SMARTS) is 1. The van der Waals surface area contributed by atoms with Crippen molar-refractivity contribution in [3.05, 3.63) is 23.8 Å². The maximum atomic E-state index is 11.0. The molecule has 1 atom stereocenters. The lowest BCUT2D eigenvalue weighted by Crippen LogP contribution is -2.35. The number of anilines is 1. The van der Waals surface area contributed by atoms with Crippen LogP contribution in [0.4, 0.5) is 6.01 Å². The van der Waals surface area contributed by atoms with Crippen LogP contribution < -0.4 is 4.90 Å². The van der Waals surface area contributed by atoms with E-state index < -0.39 is 5.97 Å². The van der Waals surface area contributed by atoms with E-state index in [4.69, 9.17) is 14.6 Å². The fourth-order valence-electron chi connectivity index (χ4n) is 2.84. The monoisotopic (exact) mass is 290 g/mol. The van der Waals surface area contributed by atoms with E-state index in [1.807, 2.05) is 0 Å². The zero-order chi connectivity index (χ0) is 14.8. The number of hydrogen-bond acceptors (Lipinski definition) is 5. The first-order valence-corrected chi connectivity index (χ1v) is 7.17. The van der Waals surface area contributed by atoms with E-state index in [0.717, 1.165) is 32.4 Å². The Hall–Kier alpha value is -2.08. The number of oxazole rings is 1. The summed E-state index contributed by atoms with van der Waals surface area (Å²) in [5.41, 5.74) is 1.36. The van der Waals surface area contributed by atoms with E-state index in [2.05, 4.69) is 9.88 Å². The highest BCUT2D eigenvalue weighted by Gasteiger charge is 2.23. The smallest absolute Gasteiger partial charge is 0.335 e. The molecule has 1 aliphatic heterocycles. The zero-order valence-electron chi connectivity index (χ0n) is 11.7. The molecule has 1 saturated heterocycles. The van der Waals surface area contributed by atoms with E-state index in [1.165, 1.54) is 12.1 Å². The predicted molar refractivity (Wildman–Crippen MR) is 77.6 cm³/mol. The molecule has 1 aromatic heterocycles. The number of aliphatic hydroxyl groups excluding tert-OH is 1. The van der Waals surface area contributed by atoms with Crippen molar-refractivity contribution in [1.82, 2.24) is 4.98 Å². The van der Waals surface area contributed by atoms with Gasteiger partial charge in [0.05, 0.1) is 5.56 Å². The minimum atomic E-state index is -0.976. The lowest BCUT2D eigenvalue weighted by atomic mass is 9.95. The third-order valence-corrected chi connectivity index (χ3v) is 3.95. The summed E-state index contributed by atoms with van der Waals surface area (Å²) >= 11 is 0. The van der Waals surface area contributed by atoms with Gasteiger partial charge in [0.15, 0.2) is 5.58 Å². The van der Waals surface area contributed by atoms with Crippen molar-refractivity contribution in [3.8, 4) is 0 Å². The SMILES string of the molecule is O=C(O)c1ccc2nc(N3CCCC(CCO)C3)oc2c1. The maximum Gasteiger partial charge on any atom is 0.335 e. The van der Waals surface area contributed by atoms with Crippen LogP contribution in [0, 0.1) is 5.92 Å². The molecule has 0 radical (unpaired) electrons. The van der Waals surface area contributed by atoms with Crippen LogP contribution in [0.25, 0.3) is 11.1 Å². The van der Waals surface area contributed by atoms with Crippen molar-refractivity contribution in [2.24, 2.45) is 5.92 Å². The number of aliphatic hydroxyl groups is 1. The second-order valence-corrected chi connectivity index (χ2v) is 5.45. The van der Waals surface area contributed by atoms with Gasteiger partial charge in [-0.2, -0.15) is 4.98 Å². The summed E-state index contributed by atoms with van der Waals surface area (Å²) in [6.07, 6.45) is 2.95. The molecule has 0 spiro atoms. The summed E-state index contributed by atoms with van der Waals surface area (Å²) < 4.78 is 5.71. The molecule has 3 rings (SSSR count). The maximum absolute atomic E-state index is 11.0. The van der Waals surface area contributed by atoms with Gasteiger partial charge in [0, 0.05) is 19.7 Å². The Kier molecular flexibility index (Phi) is 3.79. The predicted octanol–water partition coefficient (Wildman–Crippen LogP) is 2.12. The largest absolute Gasteiger partial charge is 0.478 e. The average Bonchev–Trinajstić information content (AvgIpc) is 2.91. The number of carboxylic acids is 1. The minimum absolute atomic E-state index is 0.196. The Morgan fingerprint density at radius 1 is 1.48 bits per heavy atom. The summed E-state index contributed by atoms with van der Waals surface area (Å²) in [6, 6.07) is 5.24. The summed E-state index contributed by atoms with van der Waals surface area (Å²) in [5.74, 6) is -0.524. The fraction of sp³-hybridized carbons (Fsp3) is 0.467. The van der Waals surface area contributed by atoms with Gasteiger partial charge in [-0.25, -0.2) is 4.79 Å². The van der Waals surface area contributed by atoms with Gasteiger partial charge in [-0.1, -0.05) is 0 Å². The van der Waals surface area contributed by atoms with E-state index >= 15 is 0 Å². The van der Waals surface area contributed by atoms with Crippen molar-refractivity contribution in [2.45, 2.75) is 19.3 Å². The first kappa shape index (κ1) is 13.9. The van der Waals surface area contributed by atoms with Gasteiger partial charge in [-0.05, 0) is 43.4 Å². The number of hydrogen-bond donors (Lipinski definition) is 2. The Labute approximate surface area is 122 Å². The first-order chi connectivity index (χ1) is 10.2. The molecule has 1 unspecified atom stereocenters. The van der Waals surface area contributed by atoms with Crippen molar-refractivity contribution in [2.75, 3.05) is 24.6 Å². The number of aromatic carboxylic acids is 1. The van der Waals surface area contributed by atoms with Crippen molar-refractivity contribution < 1.29 is 19.4 Å². The van der Waals surface area contributed by atoms with Crippen LogP contribution in [0.3, 0.4) is 0 Å². The number of benzene rings is 1. The third kappa shape index (κ3) is 2.85. The van der Waals surface area contributed by atoms with E-state index in [0.29, 0.717) is 23.0 Å². The topological polar surface area (TPSA) is 86.8 Å². The van der Waals surface area contributed by atoms with Crippen LogP contribution >= 0.6 is 0 Å². The van der Waals surface area contributed by atoms with Crippen LogP contribution in [0.2, 0.25) is 0 Å². The molecule has 0 amide bonds. The lowest BCUT2D eigenvalue weighted by molar-refractivity contribution is 0.0697. The standard InChI is InChI=1S/C15H18N2O4/c18-7-5-10-2-1-6-17(9-10)15-16-12-4-3-11(14(19)20)8-13(12)21-15/h3-4,8,10,18H,1-2,5-7,9H2,(H,19,20). The molecule has 1 fully saturated rings. The Balaban J connectivity index is 1.85. The van der Waals surface area contributed by atoms with Crippen LogP contribution in [-0.4, -0.2) is 40.9 Å². The van der Waals surface area contributed by atoms with E-state index in [9.17, 15) is 4.79 Å². The summed E-state index contributed by atoms with van der Waals surface area (Å²) in [7, 11) is 0. The molecule has 6 nitrogen and oxygen atoms in total. The second-order valence-electron chi connectivity index (χ2n) is 5.45. The van der Waals surface area contributed by atoms with E-state index in [-0.39, 0.29) is 12.2 Å². The number of nitrogens with zero attached hydrogens (tertiary/aromatic N) is 2. The molecule has 2 heterocycles. The number of piperidine rings is 1. The Morgan fingerprint density at radius 3 is 3.10 bits per heavy atom. The first-order valence-electron chi connectivity index (χ1n) is 7.17. The van der Waals surface area contributed by atoms with Crippen LogP contribution in [0.15, 0.2) is 22.6 Å². The number of aromatic nitrogens is 1. The quantitative estimate of drug-likeness (QED) is 0.897. The molecule has 1 aromatic carbocycles. The number of rotatable bonds is 4.